The van der Waals surface area contributed by atoms with Crippen LogP contribution in [0.3, 0.4) is 0 Å². The molecule has 0 bridgehead atoms. The highest BCUT2D eigenvalue weighted by Gasteiger charge is 2.06. The van der Waals surface area contributed by atoms with E-state index in [1.54, 1.807) is 7.11 Å². The third-order valence-corrected chi connectivity index (χ3v) is 3.10. The molecule has 0 aliphatic carbocycles. The lowest BCUT2D eigenvalue weighted by Crippen LogP contribution is -1.86. The zero-order valence-electron chi connectivity index (χ0n) is 9.15. The summed E-state index contributed by atoms with van der Waals surface area (Å²) in [5.41, 5.74) is 5.78. The van der Waals surface area contributed by atoms with Gasteiger partial charge in [-0.25, -0.2) is 4.98 Å². The van der Waals surface area contributed by atoms with Crippen molar-refractivity contribution >= 4 is 17.6 Å². The molecule has 0 aliphatic rings. The second-order valence-corrected chi connectivity index (χ2v) is 4.38. The average Bonchev–Trinajstić information content (AvgIpc) is 2.59. The number of aryl methyl sites for hydroxylation is 1. The number of aromatic nitrogens is 2. The Morgan fingerprint density at radius 2 is 2.00 bits per heavy atom. The molecule has 0 saturated heterocycles. The van der Waals surface area contributed by atoms with E-state index in [2.05, 4.69) is 9.97 Å². The fraction of sp³-hybridized carbons (Fsp3) is 0.182. The lowest BCUT2D eigenvalue weighted by Gasteiger charge is -2.01. The van der Waals surface area contributed by atoms with E-state index in [1.807, 2.05) is 31.2 Å². The molecule has 0 aliphatic heterocycles. The van der Waals surface area contributed by atoms with Gasteiger partial charge in [-0.2, -0.15) is 0 Å². The molecule has 1 aromatic heterocycles. The Labute approximate surface area is 98.2 Å². The van der Waals surface area contributed by atoms with Gasteiger partial charge < -0.3 is 15.5 Å². The minimum Gasteiger partial charge on any atom is -0.497 e. The molecule has 2 aromatic rings. The molecule has 0 saturated carbocycles. The van der Waals surface area contributed by atoms with Crippen molar-refractivity contribution in [3.05, 3.63) is 30.1 Å². The van der Waals surface area contributed by atoms with Crippen molar-refractivity contribution in [2.24, 2.45) is 0 Å². The smallest absolute Gasteiger partial charge is 0.143 e. The van der Waals surface area contributed by atoms with Gasteiger partial charge in [-0.15, -0.1) is 0 Å². The third kappa shape index (κ3) is 2.30. The second-order valence-electron chi connectivity index (χ2n) is 3.32. The van der Waals surface area contributed by atoms with Crippen molar-refractivity contribution in [2.75, 3.05) is 12.8 Å². The van der Waals surface area contributed by atoms with E-state index in [-0.39, 0.29) is 0 Å². The predicted molar refractivity (Wildman–Crippen MR) is 64.9 cm³/mol. The lowest BCUT2D eigenvalue weighted by molar-refractivity contribution is 0.414. The summed E-state index contributed by atoms with van der Waals surface area (Å²) in [6, 6.07) is 7.79. The molecule has 0 fully saturated rings. The zero-order chi connectivity index (χ0) is 11.5. The number of nitrogens with two attached hydrogens (primary N) is 1. The van der Waals surface area contributed by atoms with E-state index in [0.29, 0.717) is 5.82 Å². The van der Waals surface area contributed by atoms with E-state index < -0.39 is 0 Å². The number of aromatic amines is 1. The Kier molecular flexibility index (Phi) is 3.05. The maximum atomic E-state index is 5.78. The highest BCUT2D eigenvalue weighted by atomic mass is 32.2. The van der Waals surface area contributed by atoms with Crippen LogP contribution in [0, 0.1) is 6.92 Å². The molecule has 1 aromatic carbocycles. The zero-order valence-corrected chi connectivity index (χ0v) is 9.97. The molecule has 3 N–H and O–H groups in total. The molecule has 5 heteroatoms. The number of ether oxygens (including phenoxy) is 1. The van der Waals surface area contributed by atoms with Crippen molar-refractivity contribution in [2.45, 2.75) is 16.8 Å². The average molecular weight is 235 g/mol. The number of hydrogen-bond donors (Lipinski definition) is 2. The molecule has 0 unspecified atom stereocenters. The van der Waals surface area contributed by atoms with Gasteiger partial charge >= 0.3 is 0 Å². The molecule has 4 nitrogen and oxygen atoms in total. The molecule has 2 rings (SSSR count). The summed E-state index contributed by atoms with van der Waals surface area (Å²) in [4.78, 5) is 8.35. The van der Waals surface area contributed by atoms with Crippen molar-refractivity contribution < 1.29 is 4.74 Å². The number of methoxy groups -OCH3 is 1. The minimum atomic E-state index is 0.610. The standard InChI is InChI=1S/C11H13N3OS/c1-7-13-10(12)11(14-7)16-9-5-3-8(15-2)4-6-9/h3-6H,12H2,1-2H3,(H,13,14). The predicted octanol–water partition coefficient (Wildman–Crippen LogP) is 2.46. The number of anilines is 1. The number of nitrogens with zero attached hydrogens (tertiary/aromatic N) is 1. The Hall–Kier alpha value is -1.62. The van der Waals surface area contributed by atoms with E-state index >= 15 is 0 Å². The number of nitrogens with one attached hydrogen (secondary N) is 1. The van der Waals surface area contributed by atoms with Gasteiger partial charge in [-0.1, -0.05) is 11.8 Å². The highest BCUT2D eigenvalue weighted by Crippen LogP contribution is 2.31. The number of nitrogen functional groups attached to an aromatic ring is 1. The SMILES string of the molecule is COc1ccc(Sc2nc(C)[nH]c2N)cc1. The molecule has 84 valence electrons. The first-order chi connectivity index (χ1) is 7.69. The molecule has 0 radical (unpaired) electrons. The number of benzene rings is 1. The quantitative estimate of drug-likeness (QED) is 0.857. The Morgan fingerprint density at radius 3 is 2.50 bits per heavy atom. The van der Waals surface area contributed by atoms with Gasteiger partial charge in [0.05, 0.1) is 7.11 Å². The van der Waals surface area contributed by atoms with Gasteiger partial charge in [0.15, 0.2) is 0 Å². The van der Waals surface area contributed by atoms with Crippen LogP contribution >= 0.6 is 11.8 Å². The first kappa shape index (κ1) is 10.9. The van der Waals surface area contributed by atoms with E-state index in [4.69, 9.17) is 10.5 Å². The molecular formula is C11H13N3OS. The van der Waals surface area contributed by atoms with Crippen LogP contribution in [0.2, 0.25) is 0 Å². The van der Waals surface area contributed by atoms with Crippen LogP contribution in [0.15, 0.2) is 34.2 Å². The summed E-state index contributed by atoms with van der Waals surface area (Å²) in [7, 11) is 1.65. The van der Waals surface area contributed by atoms with E-state index in [1.165, 1.54) is 11.8 Å². The van der Waals surface area contributed by atoms with Gasteiger partial charge in [0.1, 0.15) is 22.4 Å². The monoisotopic (exact) mass is 235 g/mol. The van der Waals surface area contributed by atoms with E-state index in [9.17, 15) is 0 Å². The Balaban J connectivity index is 2.17. The van der Waals surface area contributed by atoms with Crippen LogP contribution in [-0.2, 0) is 0 Å². The van der Waals surface area contributed by atoms with Crippen LogP contribution in [0.25, 0.3) is 0 Å². The highest BCUT2D eigenvalue weighted by molar-refractivity contribution is 7.99. The number of H-pyrrole nitrogens is 1. The summed E-state index contributed by atoms with van der Waals surface area (Å²) in [5, 5.41) is 0.808. The van der Waals surface area contributed by atoms with Crippen molar-refractivity contribution in [1.29, 1.82) is 0 Å². The van der Waals surface area contributed by atoms with Gasteiger partial charge in [0.2, 0.25) is 0 Å². The second kappa shape index (κ2) is 4.49. The van der Waals surface area contributed by atoms with Crippen LogP contribution in [0.4, 0.5) is 5.82 Å². The minimum absolute atomic E-state index is 0.610. The maximum Gasteiger partial charge on any atom is 0.143 e. The number of imidazole rings is 1. The summed E-state index contributed by atoms with van der Waals surface area (Å²) >= 11 is 1.53. The number of hydrogen-bond acceptors (Lipinski definition) is 4. The van der Waals surface area contributed by atoms with Crippen molar-refractivity contribution in [1.82, 2.24) is 9.97 Å². The van der Waals surface area contributed by atoms with Crippen LogP contribution in [0.1, 0.15) is 5.82 Å². The van der Waals surface area contributed by atoms with Crippen molar-refractivity contribution in [3.63, 3.8) is 0 Å². The first-order valence-electron chi connectivity index (χ1n) is 4.83. The van der Waals surface area contributed by atoms with Gasteiger partial charge in [-0.3, -0.25) is 0 Å². The van der Waals surface area contributed by atoms with Crippen molar-refractivity contribution in [3.8, 4) is 5.75 Å². The fourth-order valence-electron chi connectivity index (χ4n) is 1.32. The summed E-state index contributed by atoms with van der Waals surface area (Å²) in [6.07, 6.45) is 0. The molecule has 0 spiro atoms. The van der Waals surface area contributed by atoms with Crippen LogP contribution in [0.5, 0.6) is 5.75 Å². The molecule has 16 heavy (non-hydrogen) atoms. The number of rotatable bonds is 3. The Morgan fingerprint density at radius 1 is 1.31 bits per heavy atom. The van der Waals surface area contributed by atoms with Gasteiger partial charge in [0, 0.05) is 4.90 Å². The van der Waals surface area contributed by atoms with E-state index in [0.717, 1.165) is 21.5 Å². The lowest BCUT2D eigenvalue weighted by atomic mass is 10.3. The Bertz CT molecular complexity index is 478. The van der Waals surface area contributed by atoms with Crippen LogP contribution in [-0.4, -0.2) is 17.1 Å². The normalized spacial score (nSPS) is 10.4. The summed E-state index contributed by atoms with van der Waals surface area (Å²) < 4.78 is 5.09. The fourth-order valence-corrected chi connectivity index (χ4v) is 2.16. The van der Waals surface area contributed by atoms with Crippen LogP contribution < -0.4 is 10.5 Å². The third-order valence-electron chi connectivity index (χ3n) is 2.09. The molecule has 0 atom stereocenters. The first-order valence-corrected chi connectivity index (χ1v) is 5.64. The summed E-state index contributed by atoms with van der Waals surface area (Å²) in [5.74, 6) is 2.28. The molecular weight excluding hydrogens is 222 g/mol. The topological polar surface area (TPSA) is 63.9 Å². The molecule has 1 heterocycles. The summed E-state index contributed by atoms with van der Waals surface area (Å²) in [6.45, 7) is 1.88. The van der Waals surface area contributed by atoms with Gasteiger partial charge in [0.25, 0.3) is 0 Å². The van der Waals surface area contributed by atoms with Gasteiger partial charge in [-0.05, 0) is 31.2 Å². The largest absolute Gasteiger partial charge is 0.497 e. The maximum absolute atomic E-state index is 5.78. The molecule has 0 amide bonds.